The zero-order valence-electron chi connectivity index (χ0n) is 13.4. The molecule has 0 aliphatic rings. The Morgan fingerprint density at radius 3 is 2.43 bits per heavy atom. The molecule has 0 unspecified atom stereocenters. The van der Waals surface area contributed by atoms with Gasteiger partial charge in [-0.2, -0.15) is 0 Å². The van der Waals surface area contributed by atoms with Crippen LogP contribution in [-0.4, -0.2) is 22.9 Å². The number of phenolic OH excluding ortho intramolecular Hbond substituents is 1. The van der Waals surface area contributed by atoms with Gasteiger partial charge in [-0.25, -0.2) is 0 Å². The molecule has 0 atom stereocenters. The van der Waals surface area contributed by atoms with E-state index in [0.717, 1.165) is 23.3 Å². The number of ether oxygens (including phenoxy) is 1. The highest BCUT2D eigenvalue weighted by Crippen LogP contribution is 2.31. The molecule has 0 fully saturated rings. The molecule has 3 heteroatoms. The maximum Gasteiger partial charge on any atom is 0.126 e. The second kappa shape index (κ2) is 7.89. The van der Waals surface area contributed by atoms with Gasteiger partial charge in [-0.05, 0) is 43.0 Å². The highest BCUT2D eigenvalue weighted by Gasteiger charge is 2.17. The van der Waals surface area contributed by atoms with E-state index in [1.54, 1.807) is 25.3 Å². The molecule has 0 aliphatic carbocycles. The fourth-order valence-electron chi connectivity index (χ4n) is 2.17. The summed E-state index contributed by atoms with van der Waals surface area (Å²) in [5.41, 5.74) is 1.17. The van der Waals surface area contributed by atoms with Crippen LogP contribution in [0.2, 0.25) is 0 Å². The molecule has 0 heterocycles. The summed E-state index contributed by atoms with van der Waals surface area (Å²) in [6, 6.07) is 5.07. The molecule has 21 heavy (non-hydrogen) atoms. The number of rotatable bonds is 7. The van der Waals surface area contributed by atoms with Crippen molar-refractivity contribution in [2.24, 2.45) is 0 Å². The zero-order valence-corrected chi connectivity index (χ0v) is 13.4. The third kappa shape index (κ3) is 4.64. The van der Waals surface area contributed by atoms with Crippen molar-refractivity contribution in [3.8, 4) is 11.5 Å². The smallest absolute Gasteiger partial charge is 0.126 e. The zero-order chi connectivity index (χ0) is 15.9. The Bertz CT molecular complexity index is 511. The highest BCUT2D eigenvalue weighted by atomic mass is 16.5. The van der Waals surface area contributed by atoms with Gasteiger partial charge in [0.1, 0.15) is 11.5 Å². The molecule has 1 aromatic rings. The molecule has 0 aliphatic heterocycles. The average molecular weight is 290 g/mol. The van der Waals surface area contributed by atoms with Crippen molar-refractivity contribution in [2.75, 3.05) is 7.11 Å². The number of allylic oxidation sites excluding steroid dienone is 3. The van der Waals surface area contributed by atoms with Crippen molar-refractivity contribution in [3.05, 3.63) is 42.0 Å². The van der Waals surface area contributed by atoms with E-state index >= 15 is 0 Å². The van der Waals surface area contributed by atoms with Crippen LogP contribution in [0.3, 0.4) is 0 Å². The van der Waals surface area contributed by atoms with E-state index in [-0.39, 0.29) is 5.75 Å². The lowest BCUT2D eigenvalue weighted by atomic mass is 9.96. The molecule has 0 amide bonds. The van der Waals surface area contributed by atoms with Gasteiger partial charge < -0.3 is 14.9 Å². The first kappa shape index (κ1) is 17.3. The molecule has 0 bridgehead atoms. The quantitative estimate of drug-likeness (QED) is 0.736. The monoisotopic (exact) mass is 290 g/mol. The van der Waals surface area contributed by atoms with Gasteiger partial charge in [0.2, 0.25) is 0 Å². The van der Waals surface area contributed by atoms with Crippen molar-refractivity contribution in [1.82, 2.24) is 0 Å². The van der Waals surface area contributed by atoms with Gasteiger partial charge in [0.05, 0.1) is 12.7 Å². The molecule has 0 saturated heterocycles. The Kier molecular flexibility index (Phi) is 6.50. The molecule has 1 aromatic carbocycles. The maximum atomic E-state index is 10.2. The molecule has 0 spiro atoms. The summed E-state index contributed by atoms with van der Waals surface area (Å²) < 4.78 is 5.35. The number of phenols is 1. The molecule has 0 aromatic heterocycles. The van der Waals surface area contributed by atoms with Gasteiger partial charge in [0.15, 0.2) is 0 Å². The summed E-state index contributed by atoms with van der Waals surface area (Å²) in [5.74, 6) is 0.947. The summed E-state index contributed by atoms with van der Waals surface area (Å²) >= 11 is 0. The second-order valence-corrected chi connectivity index (χ2v) is 5.10. The van der Waals surface area contributed by atoms with Crippen LogP contribution in [0.25, 0.3) is 5.57 Å². The SMILES string of the molecule is CC/C(=C/C=C/C(O)(CC)CC)c1cc(O)ccc1OC. The average Bonchev–Trinajstić information content (AvgIpc) is 2.51. The highest BCUT2D eigenvalue weighted by molar-refractivity contribution is 5.72. The number of aromatic hydroxyl groups is 1. The third-order valence-corrected chi connectivity index (χ3v) is 3.84. The van der Waals surface area contributed by atoms with E-state index in [9.17, 15) is 10.2 Å². The van der Waals surface area contributed by atoms with Crippen LogP contribution >= 0.6 is 0 Å². The van der Waals surface area contributed by atoms with Crippen molar-refractivity contribution in [2.45, 2.75) is 45.6 Å². The molecular weight excluding hydrogens is 264 g/mol. The van der Waals surface area contributed by atoms with E-state index in [2.05, 4.69) is 6.92 Å². The number of benzene rings is 1. The van der Waals surface area contributed by atoms with E-state index < -0.39 is 5.60 Å². The Labute approximate surface area is 127 Å². The van der Waals surface area contributed by atoms with E-state index in [4.69, 9.17) is 4.74 Å². The molecule has 0 saturated carbocycles. The van der Waals surface area contributed by atoms with Crippen molar-refractivity contribution in [1.29, 1.82) is 0 Å². The summed E-state index contributed by atoms with van der Waals surface area (Å²) in [6.07, 6.45) is 7.86. The fraction of sp³-hybridized carbons (Fsp3) is 0.444. The van der Waals surface area contributed by atoms with Crippen molar-refractivity contribution in [3.63, 3.8) is 0 Å². The lowest BCUT2D eigenvalue weighted by Gasteiger charge is -2.20. The number of methoxy groups -OCH3 is 1. The molecule has 3 nitrogen and oxygen atoms in total. The Balaban J connectivity index is 3.11. The molecule has 0 radical (unpaired) electrons. The van der Waals surface area contributed by atoms with Crippen LogP contribution < -0.4 is 4.74 Å². The van der Waals surface area contributed by atoms with Crippen LogP contribution in [0.1, 0.15) is 45.6 Å². The predicted octanol–water partition coefficient (Wildman–Crippen LogP) is 4.30. The summed E-state index contributed by atoms with van der Waals surface area (Å²) in [6.45, 7) is 5.99. The van der Waals surface area contributed by atoms with Gasteiger partial charge in [0.25, 0.3) is 0 Å². The summed E-state index contributed by atoms with van der Waals surface area (Å²) in [5, 5.41) is 19.9. The Morgan fingerprint density at radius 2 is 1.90 bits per heavy atom. The molecular formula is C18H26O3. The van der Waals surface area contributed by atoms with Crippen molar-refractivity contribution < 1.29 is 14.9 Å². The van der Waals surface area contributed by atoms with Gasteiger partial charge in [-0.3, -0.25) is 0 Å². The number of hydrogen-bond donors (Lipinski definition) is 2. The first-order chi connectivity index (χ1) is 9.99. The van der Waals surface area contributed by atoms with Crippen molar-refractivity contribution >= 4 is 5.57 Å². The molecule has 1 rings (SSSR count). The standard InChI is InChI=1S/C18H26O3/c1-5-14(9-8-12-18(20,6-2)7-3)16-13-15(19)10-11-17(16)21-4/h8-13,19-20H,5-7H2,1-4H3/b12-8+,14-9-. The van der Waals surface area contributed by atoms with Crippen LogP contribution in [0, 0.1) is 0 Å². The van der Waals surface area contributed by atoms with Gasteiger partial charge in [0, 0.05) is 5.56 Å². The lowest BCUT2D eigenvalue weighted by molar-refractivity contribution is 0.0828. The first-order valence-corrected chi connectivity index (χ1v) is 7.47. The summed E-state index contributed by atoms with van der Waals surface area (Å²) in [4.78, 5) is 0. The van der Waals surface area contributed by atoms with Crippen LogP contribution in [0.4, 0.5) is 0 Å². The Morgan fingerprint density at radius 1 is 1.24 bits per heavy atom. The largest absolute Gasteiger partial charge is 0.508 e. The maximum absolute atomic E-state index is 10.2. The summed E-state index contributed by atoms with van der Waals surface area (Å²) in [7, 11) is 1.62. The number of hydrogen-bond acceptors (Lipinski definition) is 3. The predicted molar refractivity (Wildman–Crippen MR) is 87.6 cm³/mol. The minimum atomic E-state index is -0.752. The van der Waals surface area contributed by atoms with Crippen LogP contribution in [0.15, 0.2) is 36.4 Å². The van der Waals surface area contributed by atoms with Gasteiger partial charge >= 0.3 is 0 Å². The number of aliphatic hydroxyl groups is 1. The van der Waals surface area contributed by atoms with Crippen LogP contribution in [-0.2, 0) is 0 Å². The second-order valence-electron chi connectivity index (χ2n) is 5.10. The fourth-order valence-corrected chi connectivity index (χ4v) is 2.17. The van der Waals surface area contributed by atoms with Gasteiger partial charge in [-0.1, -0.05) is 39.0 Å². The Hall–Kier alpha value is -1.74. The minimum absolute atomic E-state index is 0.216. The van der Waals surface area contributed by atoms with E-state index in [0.29, 0.717) is 12.8 Å². The normalized spacial score (nSPS) is 12.9. The first-order valence-electron chi connectivity index (χ1n) is 7.47. The minimum Gasteiger partial charge on any atom is -0.508 e. The van der Waals surface area contributed by atoms with Crippen LogP contribution in [0.5, 0.6) is 11.5 Å². The van der Waals surface area contributed by atoms with E-state index in [1.165, 1.54) is 0 Å². The van der Waals surface area contributed by atoms with Gasteiger partial charge in [-0.15, -0.1) is 0 Å². The van der Waals surface area contributed by atoms with E-state index in [1.807, 2.05) is 32.1 Å². The molecule has 2 N–H and O–H groups in total. The lowest BCUT2D eigenvalue weighted by Crippen LogP contribution is -2.22. The third-order valence-electron chi connectivity index (χ3n) is 3.84. The molecule has 116 valence electrons. The topological polar surface area (TPSA) is 49.7 Å².